The number of aryl methyl sites for hydroxylation is 1. The predicted octanol–water partition coefficient (Wildman–Crippen LogP) is 5.22. The zero-order valence-electron chi connectivity index (χ0n) is 19.4. The van der Waals surface area contributed by atoms with E-state index in [-0.39, 0.29) is 19.0 Å². The number of ether oxygens (including phenoxy) is 2. The van der Waals surface area contributed by atoms with Gasteiger partial charge in [-0.1, -0.05) is 18.2 Å². The Labute approximate surface area is 200 Å². The van der Waals surface area contributed by atoms with Crippen LogP contribution in [0.15, 0.2) is 59.6 Å². The maximum atomic E-state index is 13.3. The molecule has 2 N–H and O–H groups in total. The molecule has 2 heterocycles. The first-order valence-corrected chi connectivity index (χ1v) is 12.7. The van der Waals surface area contributed by atoms with Crippen molar-refractivity contribution in [3.05, 3.63) is 71.5 Å². The van der Waals surface area contributed by atoms with Crippen molar-refractivity contribution in [3.63, 3.8) is 0 Å². The number of carbonyl (C=O) groups excluding carboxylic acids is 1. The van der Waals surface area contributed by atoms with E-state index < -0.39 is 16.2 Å². The highest BCUT2D eigenvalue weighted by atomic mass is 32.3. The first kappa shape index (κ1) is 22.9. The van der Waals surface area contributed by atoms with Crippen LogP contribution in [-0.2, 0) is 16.6 Å². The van der Waals surface area contributed by atoms with Gasteiger partial charge in [-0.2, -0.15) is 0 Å². The van der Waals surface area contributed by atoms with Gasteiger partial charge < -0.3 is 9.47 Å². The van der Waals surface area contributed by atoms with Crippen molar-refractivity contribution in [2.45, 2.75) is 36.5 Å². The van der Waals surface area contributed by atoms with E-state index in [4.69, 9.17) is 9.47 Å². The summed E-state index contributed by atoms with van der Waals surface area (Å²) in [6.07, 6.45) is 3.72. The monoisotopic (exact) mass is 480 g/mol. The summed E-state index contributed by atoms with van der Waals surface area (Å²) < 4.78 is 32.9. The van der Waals surface area contributed by atoms with Gasteiger partial charge in [0.05, 0.1) is 16.0 Å². The van der Waals surface area contributed by atoms with Gasteiger partial charge in [0.15, 0.2) is 11.5 Å². The molecule has 7 nitrogen and oxygen atoms in total. The molecule has 1 aliphatic heterocycles. The van der Waals surface area contributed by atoms with Crippen LogP contribution in [0.4, 0.5) is 0 Å². The van der Waals surface area contributed by atoms with Gasteiger partial charge in [0, 0.05) is 32.3 Å². The molecule has 1 aliphatic carbocycles. The van der Waals surface area contributed by atoms with Crippen LogP contribution >= 0.6 is 10.8 Å². The van der Waals surface area contributed by atoms with Crippen molar-refractivity contribution in [1.29, 1.82) is 0 Å². The molecule has 3 aromatic rings. The lowest BCUT2D eigenvalue weighted by Crippen LogP contribution is -2.23. The van der Waals surface area contributed by atoms with Crippen LogP contribution in [-0.4, -0.2) is 45.1 Å². The van der Waals surface area contributed by atoms with E-state index >= 15 is 0 Å². The van der Waals surface area contributed by atoms with Gasteiger partial charge >= 0.3 is 0 Å². The fourth-order valence-electron chi connectivity index (χ4n) is 4.36. The molecule has 34 heavy (non-hydrogen) atoms. The highest BCUT2D eigenvalue weighted by Crippen LogP contribution is 2.52. The summed E-state index contributed by atoms with van der Waals surface area (Å²) in [5, 5.41) is 0. The van der Waals surface area contributed by atoms with Crippen LogP contribution < -0.4 is 9.47 Å². The molecule has 0 bridgehead atoms. The first-order chi connectivity index (χ1) is 16.2. The molecule has 2 aliphatic rings. The van der Waals surface area contributed by atoms with E-state index in [2.05, 4.69) is 4.98 Å². The lowest BCUT2D eigenvalue weighted by Gasteiger charge is -2.38. The number of Topliss-reactive ketones (excluding diaryl/α,β-unsaturated/α-hetero) is 1. The molecule has 0 atom stereocenters. The van der Waals surface area contributed by atoms with Crippen molar-refractivity contribution in [2.24, 2.45) is 0 Å². The molecular formula is C26H28N2O5S. The normalized spacial score (nSPS) is 16.5. The molecule has 1 fully saturated rings. The summed E-state index contributed by atoms with van der Waals surface area (Å²) in [5.74, 6) is 1.60. The minimum absolute atomic E-state index is 0.174. The fourth-order valence-corrected chi connectivity index (χ4v) is 5.28. The third kappa shape index (κ3) is 3.96. The minimum atomic E-state index is -2.97. The molecule has 0 radical (unpaired) electrons. The van der Waals surface area contributed by atoms with Crippen LogP contribution in [0, 0.1) is 6.92 Å². The van der Waals surface area contributed by atoms with Crippen LogP contribution in [0.2, 0.25) is 0 Å². The lowest BCUT2D eigenvalue weighted by molar-refractivity contribution is -0.120. The standard InChI is InChI=1S/C26H28N2O5S/c1-17-12-19(18-4-7-21(8-5-18)34(30,31)28(2)3)15-27-22(17)14-25(29)26(10-11-26)20-6-9-23-24(13-20)33-16-32-23/h4-9,12-13,15,30-31H,10-11,14,16H2,1-3H3. The number of nitrogens with zero attached hydrogens (tertiary/aromatic N) is 2. The molecule has 5 rings (SSSR count). The molecule has 0 amide bonds. The van der Waals surface area contributed by atoms with E-state index in [0.29, 0.717) is 10.6 Å². The number of hydrogen-bond donors (Lipinski definition) is 2. The van der Waals surface area contributed by atoms with Crippen molar-refractivity contribution < 1.29 is 23.4 Å². The van der Waals surface area contributed by atoms with Gasteiger partial charge in [0.2, 0.25) is 6.79 Å². The molecule has 2 aromatic carbocycles. The summed E-state index contributed by atoms with van der Waals surface area (Å²) in [6.45, 7) is 2.19. The summed E-state index contributed by atoms with van der Waals surface area (Å²) in [4.78, 5) is 18.4. The Bertz CT molecular complexity index is 1250. The summed E-state index contributed by atoms with van der Waals surface area (Å²) in [5.41, 5.74) is 4.09. The highest BCUT2D eigenvalue weighted by molar-refractivity contribution is 8.22. The molecule has 1 aromatic heterocycles. The number of rotatable bonds is 7. The Morgan fingerprint density at radius 1 is 1.03 bits per heavy atom. The zero-order chi connectivity index (χ0) is 24.1. The maximum Gasteiger partial charge on any atom is 0.231 e. The summed E-state index contributed by atoms with van der Waals surface area (Å²) in [7, 11) is 0.294. The number of pyridine rings is 1. The van der Waals surface area contributed by atoms with Gasteiger partial charge in [-0.05, 0) is 66.8 Å². The number of carbonyl (C=O) groups is 1. The van der Waals surface area contributed by atoms with Crippen molar-refractivity contribution >= 4 is 16.6 Å². The Morgan fingerprint density at radius 3 is 2.38 bits per heavy atom. The fraction of sp³-hybridized carbons (Fsp3) is 0.308. The van der Waals surface area contributed by atoms with E-state index in [1.54, 1.807) is 32.4 Å². The average Bonchev–Trinajstić information content (AvgIpc) is 3.51. The highest BCUT2D eigenvalue weighted by Gasteiger charge is 2.51. The predicted molar refractivity (Wildman–Crippen MR) is 131 cm³/mol. The van der Waals surface area contributed by atoms with Crippen LogP contribution in [0.25, 0.3) is 11.1 Å². The molecule has 8 heteroatoms. The molecule has 178 valence electrons. The Kier molecular flexibility index (Phi) is 5.64. The average molecular weight is 481 g/mol. The second-order valence-electron chi connectivity index (χ2n) is 9.09. The second kappa shape index (κ2) is 8.39. The number of fused-ring (bicyclic) bond motifs is 1. The SMILES string of the molecule is Cc1cc(-c2ccc(S(O)(O)N(C)C)cc2)cnc1CC(=O)C1(c2ccc3c(c2)OCO3)CC1. The Hall–Kier alpha value is -2.91. The summed E-state index contributed by atoms with van der Waals surface area (Å²) in [6, 6.07) is 15.0. The van der Waals surface area contributed by atoms with E-state index in [1.807, 2.05) is 43.3 Å². The minimum Gasteiger partial charge on any atom is -0.454 e. The lowest BCUT2D eigenvalue weighted by atomic mass is 9.88. The quantitative estimate of drug-likeness (QED) is 0.479. The molecule has 0 unspecified atom stereocenters. The third-order valence-corrected chi connectivity index (χ3v) is 8.66. The Morgan fingerprint density at radius 2 is 1.74 bits per heavy atom. The van der Waals surface area contributed by atoms with Gasteiger partial charge in [-0.3, -0.25) is 18.9 Å². The molecular weight excluding hydrogens is 452 g/mol. The third-order valence-electron chi connectivity index (χ3n) is 6.74. The van der Waals surface area contributed by atoms with E-state index in [0.717, 1.165) is 46.5 Å². The van der Waals surface area contributed by atoms with Crippen LogP contribution in [0.3, 0.4) is 0 Å². The molecule has 1 saturated carbocycles. The smallest absolute Gasteiger partial charge is 0.231 e. The topological polar surface area (TPSA) is 92.1 Å². The largest absolute Gasteiger partial charge is 0.454 e. The number of aromatic nitrogens is 1. The summed E-state index contributed by atoms with van der Waals surface area (Å²) >= 11 is 0. The van der Waals surface area contributed by atoms with Crippen molar-refractivity contribution in [3.8, 4) is 22.6 Å². The van der Waals surface area contributed by atoms with Crippen molar-refractivity contribution in [1.82, 2.24) is 9.29 Å². The Balaban J connectivity index is 1.33. The van der Waals surface area contributed by atoms with Crippen molar-refractivity contribution in [2.75, 3.05) is 20.9 Å². The van der Waals surface area contributed by atoms with Gasteiger partial charge in [0.1, 0.15) is 5.78 Å². The van der Waals surface area contributed by atoms with Crippen LogP contribution in [0.1, 0.15) is 29.7 Å². The van der Waals surface area contributed by atoms with Gasteiger partial charge in [-0.15, -0.1) is 10.8 Å². The maximum absolute atomic E-state index is 13.3. The van der Waals surface area contributed by atoms with E-state index in [9.17, 15) is 13.9 Å². The first-order valence-electron chi connectivity index (χ1n) is 11.2. The second-order valence-corrected chi connectivity index (χ2v) is 11.3. The molecule has 0 spiro atoms. The van der Waals surface area contributed by atoms with E-state index in [1.165, 1.54) is 4.31 Å². The number of ketones is 1. The number of benzene rings is 2. The van der Waals surface area contributed by atoms with Crippen LogP contribution in [0.5, 0.6) is 11.5 Å². The van der Waals surface area contributed by atoms with Gasteiger partial charge in [-0.25, -0.2) is 4.31 Å². The molecule has 0 saturated heterocycles. The number of hydrogen-bond acceptors (Lipinski definition) is 7. The van der Waals surface area contributed by atoms with Gasteiger partial charge in [0.25, 0.3) is 0 Å². The zero-order valence-corrected chi connectivity index (χ0v) is 20.3.